The highest BCUT2D eigenvalue weighted by atomic mass is 16.5. The second kappa shape index (κ2) is 53.2. The molecule has 0 aliphatic heterocycles. The molecule has 4 aromatic carbocycles. The molecule has 0 saturated carbocycles. The van der Waals surface area contributed by atoms with E-state index < -0.39 is 17.9 Å². The Morgan fingerprint density at radius 1 is 0.229 bits per heavy atom. The number of benzene rings is 4. The first kappa shape index (κ1) is 83.6. The van der Waals surface area contributed by atoms with E-state index >= 15 is 0 Å². The third kappa shape index (κ3) is 35.3. The molecular weight excluding hydrogens is 1320 g/mol. The van der Waals surface area contributed by atoms with Crippen molar-refractivity contribution in [2.45, 2.75) is 252 Å². The van der Waals surface area contributed by atoms with Crippen molar-refractivity contribution in [2.24, 2.45) is 0 Å². The largest absolute Gasteiger partial charge is 0.494 e. The number of hydrogen-bond acceptors (Lipinski definition) is 18. The molecule has 105 heavy (non-hydrogen) atoms. The Labute approximate surface area is 626 Å². The van der Waals surface area contributed by atoms with Gasteiger partial charge in [-0.3, -0.25) is 0 Å². The first-order chi connectivity index (χ1) is 51.8. The van der Waals surface area contributed by atoms with Crippen molar-refractivity contribution >= 4 is 17.9 Å². The molecule has 3 heterocycles. The third-order valence-corrected chi connectivity index (χ3v) is 18.3. The number of aromatic nitrogens is 6. The van der Waals surface area contributed by atoms with Gasteiger partial charge in [0.15, 0.2) is 34.7 Å². The van der Waals surface area contributed by atoms with Crippen LogP contribution in [-0.4, -0.2) is 107 Å². The van der Waals surface area contributed by atoms with E-state index in [2.05, 4.69) is 50.7 Å². The molecule has 0 radical (unpaired) electrons. The average Bonchev–Trinajstić information content (AvgIpc) is 0.848. The fourth-order valence-electron chi connectivity index (χ4n) is 12.0. The van der Waals surface area contributed by atoms with E-state index in [0.29, 0.717) is 93.6 Å². The zero-order valence-corrected chi connectivity index (χ0v) is 63.5. The highest BCUT2D eigenvalue weighted by molar-refractivity contribution is 6.00. The summed E-state index contributed by atoms with van der Waals surface area (Å²) < 4.78 is 52.8. The number of hydrogen-bond donors (Lipinski definition) is 0. The lowest BCUT2D eigenvalue weighted by atomic mass is 10.1. The molecule has 0 amide bonds. The quantitative estimate of drug-likeness (QED) is 0.0197. The van der Waals surface area contributed by atoms with Crippen LogP contribution in [-0.2, 0) is 14.2 Å². The first-order valence-electron chi connectivity index (χ1n) is 40.0. The first-order valence-corrected chi connectivity index (χ1v) is 40.0. The minimum absolute atomic E-state index is 0.0970. The lowest BCUT2D eigenvalue weighted by Crippen LogP contribution is -2.14. The minimum Gasteiger partial charge on any atom is -0.494 e. The molecule has 18 heteroatoms. The Balaban J connectivity index is 0.763. The van der Waals surface area contributed by atoms with Gasteiger partial charge in [0.05, 0.1) is 113 Å². The second-order valence-corrected chi connectivity index (χ2v) is 27.3. The molecule has 18 nitrogen and oxygen atoms in total. The van der Waals surface area contributed by atoms with Crippen molar-refractivity contribution in [1.29, 1.82) is 0 Å². The lowest BCUT2D eigenvalue weighted by Gasteiger charge is -2.11. The number of carbonyl (C=O) groups is 3. The molecule has 0 fully saturated rings. The Hall–Kier alpha value is -8.67. The molecule has 0 atom stereocenters. The van der Waals surface area contributed by atoms with Gasteiger partial charge in [0.2, 0.25) is 0 Å². The SMILES string of the molecule is CCCCCCCCOc1cnc(-c2ccc(OCCCCCCCCOC(=O)c3cc(C(=O)OCCCCCCCCOc4ccc(-c5ncc(OCCCCCCCC)cn5)cc4)cc(C(=O)OCCCCCCCCOc4ccc(-c5ncc(OCCCCCCCC)cn5)cc4)c3)cc2)nc1. The Morgan fingerprint density at radius 3 is 0.619 bits per heavy atom. The molecule has 0 bridgehead atoms. The number of carbonyl (C=O) groups excluding carboxylic acids is 3. The molecular formula is C87H120N6O12. The molecule has 3 aromatic heterocycles. The Bertz CT molecular complexity index is 3040. The number of esters is 3. The number of ether oxygens (including phenoxy) is 9. The summed E-state index contributed by atoms with van der Waals surface area (Å²) in [5.41, 5.74) is 3.03. The lowest BCUT2D eigenvalue weighted by molar-refractivity contribution is 0.0494. The van der Waals surface area contributed by atoms with Crippen molar-refractivity contribution in [3.05, 3.63) is 145 Å². The maximum Gasteiger partial charge on any atom is 0.338 e. The van der Waals surface area contributed by atoms with E-state index in [4.69, 9.17) is 42.6 Å². The van der Waals surface area contributed by atoms with Crippen molar-refractivity contribution in [3.8, 4) is 68.7 Å². The van der Waals surface area contributed by atoms with Gasteiger partial charge in [-0.25, -0.2) is 44.3 Å². The van der Waals surface area contributed by atoms with E-state index in [1.807, 2.05) is 72.8 Å². The smallest absolute Gasteiger partial charge is 0.338 e. The molecule has 0 aliphatic rings. The third-order valence-electron chi connectivity index (χ3n) is 18.3. The van der Waals surface area contributed by atoms with Gasteiger partial charge in [0.25, 0.3) is 0 Å². The van der Waals surface area contributed by atoms with Gasteiger partial charge >= 0.3 is 17.9 Å². The van der Waals surface area contributed by atoms with Crippen LogP contribution in [0.3, 0.4) is 0 Å². The summed E-state index contributed by atoms with van der Waals surface area (Å²) in [5, 5.41) is 0. The number of nitrogens with zero attached hydrogens (tertiary/aromatic N) is 6. The Morgan fingerprint density at radius 2 is 0.410 bits per heavy atom. The molecule has 0 spiro atoms. The van der Waals surface area contributed by atoms with Crippen LogP contribution in [0, 0.1) is 0 Å². The summed E-state index contributed by atoms with van der Waals surface area (Å²) in [6, 6.07) is 27.9. The molecule has 0 unspecified atom stereocenters. The van der Waals surface area contributed by atoms with Gasteiger partial charge in [0, 0.05) is 16.7 Å². The minimum atomic E-state index is -0.613. The summed E-state index contributed by atoms with van der Waals surface area (Å²) >= 11 is 0. The summed E-state index contributed by atoms with van der Waals surface area (Å²) in [6.07, 6.45) is 48.8. The normalized spacial score (nSPS) is 11.1. The standard InChI is InChI=1S/C87H120N6O12/c1-4-7-10-13-22-34-55-100-79-64-88-82(89-65-79)70-40-46-76(47-41-70)97-52-31-25-16-19-28-37-58-103-85(94)73-61-74(86(95)104-59-38-29-20-17-26-32-53-98-77-48-42-71(43-49-77)83-90-66-80(67-91-83)101-56-35-23-14-11-8-5-2)63-75(62-73)87(96)105-60-39-30-21-18-27-33-54-99-78-50-44-72(45-51-78)84-92-68-81(69-93-84)102-57-36-24-15-12-9-6-3/h40-51,61-69H,4-39,52-60H2,1-3H3. The molecule has 7 aromatic rings. The highest BCUT2D eigenvalue weighted by Gasteiger charge is 2.20. The number of rotatable bonds is 60. The summed E-state index contributed by atoms with van der Waals surface area (Å²) in [6.45, 7) is 11.2. The van der Waals surface area contributed by atoms with Gasteiger partial charge in [-0.1, -0.05) is 194 Å². The fraction of sp³-hybridized carbons (Fsp3) is 0.552. The molecule has 0 aliphatic carbocycles. The van der Waals surface area contributed by atoms with Crippen molar-refractivity contribution in [2.75, 3.05) is 59.5 Å². The van der Waals surface area contributed by atoms with Crippen LogP contribution < -0.4 is 28.4 Å². The molecule has 7 rings (SSSR count). The predicted molar refractivity (Wildman–Crippen MR) is 416 cm³/mol. The van der Waals surface area contributed by atoms with Gasteiger partial charge in [-0.15, -0.1) is 0 Å². The average molecular weight is 1440 g/mol. The van der Waals surface area contributed by atoms with Gasteiger partial charge < -0.3 is 42.6 Å². The maximum atomic E-state index is 13.6. The second-order valence-electron chi connectivity index (χ2n) is 27.3. The maximum absolute atomic E-state index is 13.6. The predicted octanol–water partition coefficient (Wildman–Crippen LogP) is 22.0. The zero-order chi connectivity index (χ0) is 73.7. The van der Waals surface area contributed by atoms with Crippen LogP contribution in [0.2, 0.25) is 0 Å². The fourth-order valence-corrected chi connectivity index (χ4v) is 12.0. The van der Waals surface area contributed by atoms with Crippen LogP contribution in [0.5, 0.6) is 34.5 Å². The van der Waals surface area contributed by atoms with E-state index in [1.54, 1.807) is 37.2 Å². The van der Waals surface area contributed by atoms with Crippen LogP contribution in [0.25, 0.3) is 34.2 Å². The summed E-state index contributed by atoms with van der Waals surface area (Å²) in [7, 11) is 0. The van der Waals surface area contributed by atoms with E-state index in [-0.39, 0.29) is 36.5 Å². The van der Waals surface area contributed by atoms with Crippen molar-refractivity contribution in [3.63, 3.8) is 0 Å². The van der Waals surface area contributed by atoms with Crippen LogP contribution in [0.1, 0.15) is 283 Å². The van der Waals surface area contributed by atoms with Gasteiger partial charge in [-0.2, -0.15) is 0 Å². The van der Waals surface area contributed by atoms with Crippen LogP contribution >= 0.6 is 0 Å². The summed E-state index contributed by atoms with van der Waals surface area (Å²) in [4.78, 5) is 67.7. The zero-order valence-electron chi connectivity index (χ0n) is 63.5. The topological polar surface area (TPSA) is 212 Å². The number of unbranched alkanes of at least 4 members (excludes halogenated alkanes) is 30. The van der Waals surface area contributed by atoms with Crippen LogP contribution in [0.4, 0.5) is 0 Å². The Kier molecular flexibility index (Phi) is 42.3. The van der Waals surface area contributed by atoms with Crippen molar-refractivity contribution < 1.29 is 57.0 Å². The monoisotopic (exact) mass is 1440 g/mol. The van der Waals surface area contributed by atoms with E-state index in [9.17, 15) is 14.4 Å². The van der Waals surface area contributed by atoms with Crippen molar-refractivity contribution in [1.82, 2.24) is 29.9 Å². The van der Waals surface area contributed by atoms with E-state index in [0.717, 1.165) is 150 Å². The molecule has 0 saturated heterocycles. The van der Waals surface area contributed by atoms with Gasteiger partial charge in [0.1, 0.15) is 17.2 Å². The van der Waals surface area contributed by atoms with Gasteiger partial charge in [-0.05, 0) is 149 Å². The molecule has 570 valence electrons. The van der Waals surface area contributed by atoms with E-state index in [1.165, 1.54) is 115 Å². The van der Waals surface area contributed by atoms with Crippen LogP contribution in [0.15, 0.2) is 128 Å². The summed E-state index contributed by atoms with van der Waals surface area (Å²) in [5.74, 6) is 4.57. The highest BCUT2D eigenvalue weighted by Crippen LogP contribution is 2.26. The molecule has 0 N–H and O–H groups in total.